The van der Waals surface area contributed by atoms with E-state index >= 15 is 0 Å². The van der Waals surface area contributed by atoms with Gasteiger partial charge in [-0.1, -0.05) is 11.6 Å². The number of aromatic nitrogens is 2. The summed E-state index contributed by atoms with van der Waals surface area (Å²) in [5.74, 6) is -0.378. The molecule has 6 heteroatoms. The lowest BCUT2D eigenvalue weighted by Crippen LogP contribution is -1.96. The number of nitrogens with zero attached hydrogens (tertiary/aromatic N) is 1. The summed E-state index contributed by atoms with van der Waals surface area (Å²) in [5, 5.41) is 6.51. The van der Waals surface area contributed by atoms with Crippen molar-refractivity contribution in [2.24, 2.45) is 0 Å². The van der Waals surface area contributed by atoms with Gasteiger partial charge in [0.25, 0.3) is 0 Å². The standard InChI is InChI=1S/C9H7ClN2O2S/c1-14-9(13)7-2-6(8(10)15-7)5-3-11-12-4-5/h2-4H,1H3,(H,11,12). The lowest BCUT2D eigenvalue weighted by molar-refractivity contribution is 0.0606. The van der Waals surface area contributed by atoms with Crippen molar-refractivity contribution in [3.05, 3.63) is 27.7 Å². The van der Waals surface area contributed by atoms with Crippen LogP contribution >= 0.6 is 22.9 Å². The number of H-pyrrole nitrogens is 1. The van der Waals surface area contributed by atoms with E-state index in [2.05, 4.69) is 14.9 Å². The van der Waals surface area contributed by atoms with Gasteiger partial charge in [-0.05, 0) is 6.07 Å². The van der Waals surface area contributed by atoms with Crippen LogP contribution in [0.15, 0.2) is 18.5 Å². The Morgan fingerprint density at radius 1 is 1.67 bits per heavy atom. The van der Waals surface area contributed by atoms with Gasteiger partial charge in [-0.2, -0.15) is 5.10 Å². The van der Waals surface area contributed by atoms with Crippen LogP contribution in [0.25, 0.3) is 11.1 Å². The minimum absolute atomic E-state index is 0.378. The highest BCUT2D eigenvalue weighted by atomic mass is 35.5. The van der Waals surface area contributed by atoms with Gasteiger partial charge in [-0.3, -0.25) is 5.10 Å². The van der Waals surface area contributed by atoms with E-state index < -0.39 is 0 Å². The Bertz CT molecular complexity index is 478. The largest absolute Gasteiger partial charge is 0.465 e. The fraction of sp³-hybridized carbons (Fsp3) is 0.111. The number of rotatable bonds is 2. The number of aromatic amines is 1. The Kier molecular flexibility index (Phi) is 2.75. The average Bonchev–Trinajstić information content (AvgIpc) is 2.84. The van der Waals surface area contributed by atoms with Crippen molar-refractivity contribution < 1.29 is 9.53 Å². The molecule has 2 aromatic rings. The molecule has 2 aromatic heterocycles. The third-order valence-electron chi connectivity index (χ3n) is 1.88. The van der Waals surface area contributed by atoms with Crippen molar-refractivity contribution in [3.63, 3.8) is 0 Å². The van der Waals surface area contributed by atoms with E-state index in [1.807, 2.05) is 0 Å². The molecule has 1 N–H and O–H groups in total. The number of carbonyl (C=O) groups excluding carboxylic acids is 1. The topological polar surface area (TPSA) is 55.0 Å². The molecule has 0 spiro atoms. The molecular weight excluding hydrogens is 236 g/mol. The van der Waals surface area contributed by atoms with Crippen LogP contribution < -0.4 is 0 Å². The Balaban J connectivity index is 2.42. The zero-order valence-corrected chi connectivity index (χ0v) is 9.35. The van der Waals surface area contributed by atoms with Crippen LogP contribution in [0.2, 0.25) is 4.34 Å². The van der Waals surface area contributed by atoms with Crippen molar-refractivity contribution in [2.45, 2.75) is 0 Å². The molecular formula is C9H7ClN2O2S. The fourth-order valence-electron chi connectivity index (χ4n) is 1.16. The molecule has 0 saturated heterocycles. The van der Waals surface area contributed by atoms with Crippen LogP contribution in [-0.2, 0) is 4.74 Å². The fourth-order valence-corrected chi connectivity index (χ4v) is 2.40. The maximum absolute atomic E-state index is 11.3. The Hall–Kier alpha value is -1.33. The molecule has 2 heterocycles. The van der Waals surface area contributed by atoms with Crippen LogP contribution in [-0.4, -0.2) is 23.3 Å². The summed E-state index contributed by atoms with van der Waals surface area (Å²) in [6.07, 6.45) is 3.37. The summed E-state index contributed by atoms with van der Waals surface area (Å²) in [5.41, 5.74) is 1.64. The second-order valence-corrected chi connectivity index (χ2v) is 4.43. The molecule has 0 aromatic carbocycles. The van der Waals surface area contributed by atoms with Gasteiger partial charge in [0.05, 0.1) is 13.3 Å². The van der Waals surface area contributed by atoms with E-state index in [0.717, 1.165) is 11.1 Å². The molecule has 0 aliphatic rings. The van der Waals surface area contributed by atoms with Crippen LogP contribution in [0.4, 0.5) is 0 Å². The lowest BCUT2D eigenvalue weighted by atomic mass is 10.2. The third-order valence-corrected chi connectivity index (χ3v) is 3.22. The molecule has 78 valence electrons. The highest BCUT2D eigenvalue weighted by Crippen LogP contribution is 2.35. The molecule has 0 unspecified atom stereocenters. The minimum atomic E-state index is -0.378. The quantitative estimate of drug-likeness (QED) is 0.824. The molecule has 0 radical (unpaired) electrons. The summed E-state index contributed by atoms with van der Waals surface area (Å²) in [7, 11) is 1.34. The molecule has 0 atom stereocenters. The number of esters is 1. The second-order valence-electron chi connectivity index (χ2n) is 2.78. The van der Waals surface area contributed by atoms with Crippen molar-refractivity contribution in [2.75, 3.05) is 7.11 Å². The Morgan fingerprint density at radius 3 is 3.07 bits per heavy atom. The predicted octanol–water partition coefficient (Wildman–Crippen LogP) is 2.58. The zero-order chi connectivity index (χ0) is 10.8. The van der Waals surface area contributed by atoms with Gasteiger partial charge >= 0.3 is 5.97 Å². The van der Waals surface area contributed by atoms with Crippen molar-refractivity contribution in [1.82, 2.24) is 10.2 Å². The van der Waals surface area contributed by atoms with E-state index in [4.69, 9.17) is 11.6 Å². The Morgan fingerprint density at radius 2 is 2.47 bits per heavy atom. The lowest BCUT2D eigenvalue weighted by Gasteiger charge is -1.91. The van der Waals surface area contributed by atoms with Gasteiger partial charge in [0.15, 0.2) is 0 Å². The number of ether oxygens (including phenoxy) is 1. The molecule has 0 saturated carbocycles. The average molecular weight is 243 g/mol. The van der Waals surface area contributed by atoms with Gasteiger partial charge in [0, 0.05) is 17.3 Å². The molecule has 0 aliphatic heterocycles. The first-order valence-corrected chi connectivity index (χ1v) is 5.28. The van der Waals surface area contributed by atoms with Crippen LogP contribution in [0, 0.1) is 0 Å². The van der Waals surface area contributed by atoms with Crippen molar-refractivity contribution in [3.8, 4) is 11.1 Å². The molecule has 0 aliphatic carbocycles. The van der Waals surface area contributed by atoms with Gasteiger partial charge in [-0.25, -0.2) is 4.79 Å². The van der Waals surface area contributed by atoms with Gasteiger partial charge in [0.2, 0.25) is 0 Å². The van der Waals surface area contributed by atoms with Crippen LogP contribution in [0.5, 0.6) is 0 Å². The summed E-state index contributed by atoms with van der Waals surface area (Å²) >= 11 is 7.20. The number of halogens is 1. The molecule has 15 heavy (non-hydrogen) atoms. The first-order chi connectivity index (χ1) is 7.22. The molecule has 0 bridgehead atoms. The first kappa shape index (κ1) is 10.2. The minimum Gasteiger partial charge on any atom is -0.465 e. The van der Waals surface area contributed by atoms with E-state index in [1.165, 1.54) is 18.4 Å². The van der Waals surface area contributed by atoms with E-state index in [1.54, 1.807) is 18.5 Å². The summed E-state index contributed by atoms with van der Waals surface area (Å²) in [6.45, 7) is 0. The zero-order valence-electron chi connectivity index (χ0n) is 7.78. The number of thiophene rings is 1. The van der Waals surface area contributed by atoms with Crippen molar-refractivity contribution >= 4 is 28.9 Å². The number of methoxy groups -OCH3 is 1. The van der Waals surface area contributed by atoms with Gasteiger partial charge in [0.1, 0.15) is 9.21 Å². The molecule has 0 amide bonds. The summed E-state index contributed by atoms with van der Waals surface area (Å²) in [4.78, 5) is 11.7. The smallest absolute Gasteiger partial charge is 0.348 e. The number of hydrogen-bond acceptors (Lipinski definition) is 4. The molecule has 0 fully saturated rings. The van der Waals surface area contributed by atoms with E-state index in [0.29, 0.717) is 9.21 Å². The Labute approximate surface area is 94.8 Å². The first-order valence-electron chi connectivity index (χ1n) is 4.09. The molecule has 2 rings (SSSR count). The maximum Gasteiger partial charge on any atom is 0.348 e. The number of nitrogens with one attached hydrogen (secondary N) is 1. The number of hydrogen-bond donors (Lipinski definition) is 1. The van der Waals surface area contributed by atoms with E-state index in [-0.39, 0.29) is 5.97 Å². The summed E-state index contributed by atoms with van der Waals surface area (Å²) in [6, 6.07) is 1.70. The number of carbonyl (C=O) groups is 1. The SMILES string of the molecule is COC(=O)c1cc(-c2cn[nH]c2)c(Cl)s1. The van der Waals surface area contributed by atoms with Crippen LogP contribution in [0.1, 0.15) is 9.67 Å². The predicted molar refractivity (Wildman–Crippen MR) is 58.3 cm³/mol. The van der Waals surface area contributed by atoms with E-state index in [9.17, 15) is 4.79 Å². The van der Waals surface area contributed by atoms with Crippen molar-refractivity contribution in [1.29, 1.82) is 0 Å². The highest BCUT2D eigenvalue weighted by Gasteiger charge is 2.15. The monoisotopic (exact) mass is 242 g/mol. The molecule has 4 nitrogen and oxygen atoms in total. The highest BCUT2D eigenvalue weighted by molar-refractivity contribution is 7.18. The second kappa shape index (κ2) is 4.04. The third kappa shape index (κ3) is 1.88. The summed E-state index contributed by atoms with van der Waals surface area (Å²) < 4.78 is 5.16. The normalized spacial score (nSPS) is 10.3. The van der Waals surface area contributed by atoms with Crippen LogP contribution in [0.3, 0.4) is 0 Å². The maximum atomic E-state index is 11.3. The van der Waals surface area contributed by atoms with Gasteiger partial charge in [-0.15, -0.1) is 11.3 Å². The van der Waals surface area contributed by atoms with Gasteiger partial charge < -0.3 is 4.74 Å².